The van der Waals surface area contributed by atoms with Crippen molar-refractivity contribution in [3.8, 4) is 10.4 Å². The van der Waals surface area contributed by atoms with Crippen LogP contribution in [0.1, 0.15) is 22.5 Å². The van der Waals surface area contributed by atoms with Crippen molar-refractivity contribution in [1.29, 1.82) is 0 Å². The highest BCUT2D eigenvalue weighted by Crippen LogP contribution is 2.37. The van der Waals surface area contributed by atoms with Crippen molar-refractivity contribution in [1.82, 2.24) is 0 Å². The van der Waals surface area contributed by atoms with Crippen molar-refractivity contribution >= 4 is 39.7 Å². The minimum absolute atomic E-state index is 0.228. The maximum atomic E-state index is 13.1. The Morgan fingerprint density at radius 1 is 1.28 bits per heavy atom. The fraction of sp³-hybridized carbons (Fsp3) is 0.214. The zero-order chi connectivity index (χ0) is 12.7. The molecule has 0 aliphatic heterocycles. The van der Waals surface area contributed by atoms with E-state index in [4.69, 9.17) is 0 Å². The zero-order valence-corrected chi connectivity index (χ0v) is 12.4. The number of benzene rings is 1. The molecular formula is C14H10FIOS. The second-order valence-electron chi connectivity index (χ2n) is 4.43. The van der Waals surface area contributed by atoms with E-state index in [1.807, 2.05) is 12.1 Å². The molecule has 18 heavy (non-hydrogen) atoms. The van der Waals surface area contributed by atoms with Gasteiger partial charge in [-0.15, -0.1) is 11.3 Å². The van der Waals surface area contributed by atoms with Gasteiger partial charge in [-0.05, 0) is 65.8 Å². The van der Waals surface area contributed by atoms with Crippen LogP contribution in [0.2, 0.25) is 0 Å². The maximum Gasteiger partial charge on any atom is 0.175 e. The summed E-state index contributed by atoms with van der Waals surface area (Å²) in [5.74, 6) is 0.293. The molecule has 0 radical (unpaired) electrons. The number of Topliss-reactive ketones (excluding diaryl/α,β-unsaturated/α-hetero) is 1. The molecular weight excluding hydrogens is 362 g/mol. The van der Waals surface area contributed by atoms with Gasteiger partial charge in [-0.2, -0.15) is 0 Å². The van der Waals surface area contributed by atoms with Crippen molar-refractivity contribution in [2.24, 2.45) is 5.92 Å². The minimum atomic E-state index is -0.228. The lowest BCUT2D eigenvalue weighted by atomic mass is 10.2. The third-order valence-corrected chi connectivity index (χ3v) is 5.02. The average molecular weight is 372 g/mol. The number of carbonyl (C=O) groups is 1. The molecule has 1 aromatic heterocycles. The van der Waals surface area contributed by atoms with Gasteiger partial charge in [0.15, 0.2) is 5.78 Å². The van der Waals surface area contributed by atoms with Crippen molar-refractivity contribution in [2.45, 2.75) is 12.8 Å². The number of rotatable bonds is 3. The molecule has 0 bridgehead atoms. The van der Waals surface area contributed by atoms with Gasteiger partial charge < -0.3 is 0 Å². The van der Waals surface area contributed by atoms with Gasteiger partial charge in [0, 0.05) is 19.9 Å². The Bertz CT molecular complexity index is 616. The van der Waals surface area contributed by atoms with Crippen LogP contribution >= 0.6 is 33.9 Å². The van der Waals surface area contributed by atoms with Crippen LogP contribution in [0.5, 0.6) is 0 Å². The molecule has 0 atom stereocenters. The molecule has 0 saturated heterocycles. The molecule has 0 unspecified atom stereocenters. The van der Waals surface area contributed by atoms with Gasteiger partial charge in [0.25, 0.3) is 0 Å². The Kier molecular flexibility index (Phi) is 3.23. The first-order chi connectivity index (χ1) is 8.65. The van der Waals surface area contributed by atoms with Gasteiger partial charge in [-0.3, -0.25) is 4.79 Å². The number of ketones is 1. The molecule has 0 N–H and O–H groups in total. The van der Waals surface area contributed by atoms with Crippen LogP contribution in [0.25, 0.3) is 10.4 Å². The van der Waals surface area contributed by atoms with Crippen LogP contribution < -0.4 is 0 Å². The summed E-state index contributed by atoms with van der Waals surface area (Å²) >= 11 is 3.63. The summed E-state index contributed by atoms with van der Waals surface area (Å²) in [5.41, 5.74) is 0.997. The molecule has 2 aromatic rings. The third kappa shape index (κ3) is 2.36. The lowest BCUT2D eigenvalue weighted by Crippen LogP contribution is -1.96. The Hall–Kier alpha value is -0.750. The van der Waals surface area contributed by atoms with Gasteiger partial charge in [0.1, 0.15) is 5.82 Å². The summed E-state index contributed by atoms with van der Waals surface area (Å²) in [7, 11) is 0. The van der Waals surface area contributed by atoms with Gasteiger partial charge >= 0.3 is 0 Å². The first-order valence-corrected chi connectivity index (χ1v) is 7.64. The Morgan fingerprint density at radius 3 is 2.72 bits per heavy atom. The van der Waals surface area contributed by atoms with E-state index in [9.17, 15) is 9.18 Å². The Labute approximate surface area is 122 Å². The van der Waals surface area contributed by atoms with E-state index in [0.29, 0.717) is 0 Å². The molecule has 1 fully saturated rings. The number of halogens is 2. The van der Waals surface area contributed by atoms with Gasteiger partial charge in [0.2, 0.25) is 0 Å². The van der Waals surface area contributed by atoms with Gasteiger partial charge in [-0.25, -0.2) is 4.39 Å². The Morgan fingerprint density at radius 2 is 2.06 bits per heavy atom. The maximum absolute atomic E-state index is 13.1. The van der Waals surface area contributed by atoms with Crippen molar-refractivity contribution in [3.05, 3.63) is 44.6 Å². The fourth-order valence-electron chi connectivity index (χ4n) is 1.85. The lowest BCUT2D eigenvalue weighted by Gasteiger charge is -2.01. The quantitative estimate of drug-likeness (QED) is 0.561. The van der Waals surface area contributed by atoms with E-state index in [2.05, 4.69) is 22.6 Å². The van der Waals surface area contributed by atoms with Crippen LogP contribution in [0.4, 0.5) is 4.39 Å². The van der Waals surface area contributed by atoms with Gasteiger partial charge in [0.05, 0.1) is 4.88 Å². The van der Waals surface area contributed by atoms with Crippen molar-refractivity contribution in [2.75, 3.05) is 0 Å². The van der Waals surface area contributed by atoms with Gasteiger partial charge in [-0.1, -0.05) is 0 Å². The molecule has 1 saturated carbocycles. The lowest BCUT2D eigenvalue weighted by molar-refractivity contribution is 0.0971. The monoisotopic (exact) mass is 372 g/mol. The summed E-state index contributed by atoms with van der Waals surface area (Å²) in [5, 5.41) is 0. The number of hydrogen-bond acceptors (Lipinski definition) is 2. The highest BCUT2D eigenvalue weighted by Gasteiger charge is 2.31. The zero-order valence-electron chi connectivity index (χ0n) is 9.45. The highest BCUT2D eigenvalue weighted by atomic mass is 127. The SMILES string of the molecule is O=C(c1ccc(-c2ccc(F)cc2I)s1)C1CC1. The standard InChI is InChI=1S/C14H10FIOS/c15-9-3-4-10(11(16)7-9)12-5-6-13(18-12)14(17)8-1-2-8/h3-8H,1-2H2. The highest BCUT2D eigenvalue weighted by molar-refractivity contribution is 14.1. The topological polar surface area (TPSA) is 17.1 Å². The second kappa shape index (κ2) is 4.74. The van der Waals surface area contributed by atoms with Crippen molar-refractivity contribution in [3.63, 3.8) is 0 Å². The number of thiophene rings is 1. The van der Waals surface area contributed by atoms with Crippen LogP contribution in [-0.4, -0.2) is 5.78 Å². The summed E-state index contributed by atoms with van der Waals surface area (Å²) in [4.78, 5) is 13.8. The molecule has 4 heteroatoms. The smallest absolute Gasteiger partial charge is 0.175 e. The first-order valence-electron chi connectivity index (χ1n) is 5.74. The summed E-state index contributed by atoms with van der Waals surface area (Å²) in [6, 6.07) is 8.59. The van der Waals surface area contributed by atoms with E-state index in [1.165, 1.54) is 23.5 Å². The number of hydrogen-bond donors (Lipinski definition) is 0. The largest absolute Gasteiger partial charge is 0.293 e. The van der Waals surface area contributed by atoms with E-state index >= 15 is 0 Å². The van der Waals surface area contributed by atoms with Crippen LogP contribution in [0, 0.1) is 15.3 Å². The van der Waals surface area contributed by atoms with Crippen LogP contribution in [-0.2, 0) is 0 Å². The predicted molar refractivity (Wildman–Crippen MR) is 79.5 cm³/mol. The van der Waals surface area contributed by atoms with E-state index in [1.54, 1.807) is 6.07 Å². The first kappa shape index (κ1) is 12.3. The molecule has 1 nitrogen and oxygen atoms in total. The second-order valence-corrected chi connectivity index (χ2v) is 6.67. The molecule has 0 amide bonds. The minimum Gasteiger partial charge on any atom is -0.293 e. The molecule has 3 rings (SSSR count). The van der Waals surface area contributed by atoms with Crippen LogP contribution in [0.3, 0.4) is 0 Å². The summed E-state index contributed by atoms with van der Waals surface area (Å²) in [6.45, 7) is 0. The molecule has 92 valence electrons. The summed E-state index contributed by atoms with van der Waals surface area (Å²) in [6.07, 6.45) is 2.06. The molecule has 1 aliphatic rings. The Balaban J connectivity index is 1.94. The molecule has 0 spiro atoms. The van der Waals surface area contributed by atoms with Crippen molar-refractivity contribution < 1.29 is 9.18 Å². The molecule has 1 heterocycles. The number of carbonyl (C=O) groups excluding carboxylic acids is 1. The van der Waals surface area contributed by atoms with E-state index in [-0.39, 0.29) is 17.5 Å². The summed E-state index contributed by atoms with van der Waals surface area (Å²) < 4.78 is 13.9. The predicted octanol–water partition coefficient (Wildman–Crippen LogP) is 4.75. The normalized spacial score (nSPS) is 14.8. The molecule has 1 aromatic carbocycles. The van der Waals surface area contributed by atoms with E-state index < -0.39 is 0 Å². The molecule has 1 aliphatic carbocycles. The third-order valence-electron chi connectivity index (χ3n) is 2.99. The fourth-order valence-corrected chi connectivity index (χ4v) is 3.87. The van der Waals surface area contributed by atoms with Crippen LogP contribution in [0.15, 0.2) is 30.3 Å². The average Bonchev–Trinajstić information content (AvgIpc) is 3.07. The van der Waals surface area contributed by atoms with E-state index in [0.717, 1.165) is 31.7 Å².